The second-order valence-electron chi connectivity index (χ2n) is 2.65. The van der Waals surface area contributed by atoms with Gasteiger partial charge in [0.05, 0.1) is 0 Å². The standard InChI is InChI=1S/C7H11N5O/c1-3-7(13)8-5(2)4-6-9-11-12-10-6/h3,5H,1,4H2,2H3,(H,8,13)(H,9,10,11,12)/t5-/m0/s1. The summed E-state index contributed by atoms with van der Waals surface area (Å²) in [7, 11) is 0. The zero-order valence-electron chi connectivity index (χ0n) is 7.32. The molecule has 0 saturated heterocycles. The summed E-state index contributed by atoms with van der Waals surface area (Å²) in [4.78, 5) is 10.9. The number of carbonyl (C=O) groups is 1. The lowest BCUT2D eigenvalue weighted by atomic mass is 10.2. The van der Waals surface area contributed by atoms with Gasteiger partial charge < -0.3 is 5.32 Å². The molecule has 0 aromatic carbocycles. The summed E-state index contributed by atoms with van der Waals surface area (Å²) < 4.78 is 0. The summed E-state index contributed by atoms with van der Waals surface area (Å²) >= 11 is 0. The summed E-state index contributed by atoms with van der Waals surface area (Å²) in [6.07, 6.45) is 1.78. The lowest BCUT2D eigenvalue weighted by Crippen LogP contribution is -2.32. The molecule has 0 aliphatic heterocycles. The second-order valence-corrected chi connectivity index (χ2v) is 2.65. The largest absolute Gasteiger partial charge is 0.350 e. The molecule has 1 aromatic heterocycles. The highest BCUT2D eigenvalue weighted by Gasteiger charge is 2.07. The van der Waals surface area contributed by atoms with E-state index in [0.29, 0.717) is 12.2 Å². The monoisotopic (exact) mass is 181 g/mol. The van der Waals surface area contributed by atoms with Crippen molar-refractivity contribution in [1.29, 1.82) is 0 Å². The molecule has 1 rings (SSSR count). The number of nitrogens with one attached hydrogen (secondary N) is 2. The molecule has 1 atom stereocenters. The minimum absolute atomic E-state index is 0.0249. The van der Waals surface area contributed by atoms with Crippen molar-refractivity contribution in [2.24, 2.45) is 0 Å². The molecule has 13 heavy (non-hydrogen) atoms. The molecule has 0 unspecified atom stereocenters. The van der Waals surface area contributed by atoms with Crippen LogP contribution in [0.4, 0.5) is 0 Å². The van der Waals surface area contributed by atoms with Gasteiger partial charge in [-0.1, -0.05) is 11.8 Å². The Morgan fingerprint density at radius 1 is 1.85 bits per heavy atom. The molecule has 0 spiro atoms. The molecule has 6 heteroatoms. The van der Waals surface area contributed by atoms with E-state index in [2.05, 4.69) is 32.5 Å². The van der Waals surface area contributed by atoms with Crippen molar-refractivity contribution in [1.82, 2.24) is 25.9 Å². The van der Waals surface area contributed by atoms with Crippen molar-refractivity contribution in [2.45, 2.75) is 19.4 Å². The predicted octanol–water partition coefficient (Wildman–Crippen LogP) is -0.567. The third kappa shape index (κ3) is 3.02. The number of amides is 1. The van der Waals surface area contributed by atoms with E-state index in [-0.39, 0.29) is 11.9 Å². The fourth-order valence-corrected chi connectivity index (χ4v) is 0.896. The molecule has 0 fully saturated rings. The van der Waals surface area contributed by atoms with Gasteiger partial charge in [0.25, 0.3) is 0 Å². The number of H-pyrrole nitrogens is 1. The molecule has 70 valence electrons. The van der Waals surface area contributed by atoms with E-state index < -0.39 is 0 Å². The average Bonchev–Trinajstić information content (AvgIpc) is 2.56. The lowest BCUT2D eigenvalue weighted by molar-refractivity contribution is -0.117. The summed E-state index contributed by atoms with van der Waals surface area (Å²) in [6, 6.07) is -0.0249. The Kier molecular flexibility index (Phi) is 3.13. The van der Waals surface area contributed by atoms with Crippen molar-refractivity contribution >= 4 is 5.91 Å². The second kappa shape index (κ2) is 4.34. The van der Waals surface area contributed by atoms with Crippen molar-refractivity contribution in [3.63, 3.8) is 0 Å². The van der Waals surface area contributed by atoms with Gasteiger partial charge in [-0.2, -0.15) is 5.21 Å². The van der Waals surface area contributed by atoms with Crippen molar-refractivity contribution in [3.05, 3.63) is 18.5 Å². The number of carbonyl (C=O) groups excluding carboxylic acids is 1. The summed E-state index contributed by atoms with van der Waals surface area (Å²) in [6.45, 7) is 5.21. The highest BCUT2D eigenvalue weighted by Crippen LogP contribution is 1.92. The molecule has 0 saturated carbocycles. The van der Waals surface area contributed by atoms with Gasteiger partial charge >= 0.3 is 0 Å². The molecule has 6 nitrogen and oxygen atoms in total. The number of hydrogen-bond donors (Lipinski definition) is 2. The van der Waals surface area contributed by atoms with E-state index in [0.717, 1.165) is 0 Å². The first-order chi connectivity index (χ1) is 6.22. The topological polar surface area (TPSA) is 83.6 Å². The highest BCUT2D eigenvalue weighted by molar-refractivity contribution is 5.87. The normalized spacial score (nSPS) is 12.1. The van der Waals surface area contributed by atoms with Crippen LogP contribution in [-0.4, -0.2) is 32.6 Å². The van der Waals surface area contributed by atoms with Crippen LogP contribution in [0.25, 0.3) is 0 Å². The Morgan fingerprint density at radius 3 is 3.15 bits per heavy atom. The Bertz CT molecular complexity index is 281. The zero-order chi connectivity index (χ0) is 9.68. The molecular weight excluding hydrogens is 170 g/mol. The number of tetrazole rings is 1. The third-order valence-electron chi connectivity index (χ3n) is 1.45. The first-order valence-corrected chi connectivity index (χ1v) is 3.87. The van der Waals surface area contributed by atoms with Gasteiger partial charge in [-0.3, -0.25) is 4.79 Å². The van der Waals surface area contributed by atoms with Crippen molar-refractivity contribution in [3.8, 4) is 0 Å². The van der Waals surface area contributed by atoms with Gasteiger partial charge in [0.15, 0.2) is 5.82 Å². The van der Waals surface area contributed by atoms with E-state index >= 15 is 0 Å². The maximum atomic E-state index is 10.9. The Hall–Kier alpha value is -1.72. The van der Waals surface area contributed by atoms with Crippen LogP contribution in [0.3, 0.4) is 0 Å². The van der Waals surface area contributed by atoms with Crippen LogP contribution >= 0.6 is 0 Å². The van der Waals surface area contributed by atoms with E-state index in [4.69, 9.17) is 0 Å². The SMILES string of the molecule is C=CC(=O)N[C@@H](C)Cc1nn[nH]n1. The summed E-state index contributed by atoms with van der Waals surface area (Å²) in [5.74, 6) is 0.382. The average molecular weight is 181 g/mol. The van der Waals surface area contributed by atoms with Crippen LogP contribution in [-0.2, 0) is 11.2 Å². The first kappa shape index (κ1) is 9.37. The zero-order valence-corrected chi connectivity index (χ0v) is 7.32. The molecule has 0 radical (unpaired) electrons. The Morgan fingerprint density at radius 2 is 2.62 bits per heavy atom. The Labute approximate surface area is 75.4 Å². The smallest absolute Gasteiger partial charge is 0.243 e. The van der Waals surface area contributed by atoms with Gasteiger partial charge in [-0.05, 0) is 13.0 Å². The highest BCUT2D eigenvalue weighted by atomic mass is 16.1. The van der Waals surface area contributed by atoms with E-state index in [1.165, 1.54) is 6.08 Å². The van der Waals surface area contributed by atoms with Gasteiger partial charge in [0.2, 0.25) is 5.91 Å². The van der Waals surface area contributed by atoms with Crippen LogP contribution < -0.4 is 5.32 Å². The van der Waals surface area contributed by atoms with E-state index in [9.17, 15) is 4.79 Å². The first-order valence-electron chi connectivity index (χ1n) is 3.87. The number of rotatable bonds is 4. The molecule has 0 aliphatic carbocycles. The van der Waals surface area contributed by atoms with Gasteiger partial charge in [0.1, 0.15) is 0 Å². The van der Waals surface area contributed by atoms with Gasteiger partial charge in [-0.25, -0.2) is 0 Å². The van der Waals surface area contributed by atoms with Crippen LogP contribution in [0.5, 0.6) is 0 Å². The van der Waals surface area contributed by atoms with E-state index in [1.807, 2.05) is 6.92 Å². The molecule has 1 heterocycles. The van der Waals surface area contributed by atoms with Crippen LogP contribution in [0.2, 0.25) is 0 Å². The number of aromatic nitrogens is 4. The van der Waals surface area contributed by atoms with Crippen LogP contribution in [0.1, 0.15) is 12.7 Å². The Balaban J connectivity index is 2.37. The molecule has 2 N–H and O–H groups in total. The third-order valence-corrected chi connectivity index (χ3v) is 1.45. The van der Waals surface area contributed by atoms with Gasteiger partial charge in [0, 0.05) is 12.5 Å². The molecule has 1 amide bonds. The quantitative estimate of drug-likeness (QED) is 0.609. The van der Waals surface area contributed by atoms with Crippen molar-refractivity contribution < 1.29 is 4.79 Å². The van der Waals surface area contributed by atoms with Gasteiger partial charge in [-0.15, -0.1) is 10.2 Å². The molecule has 0 bridgehead atoms. The number of hydrogen-bond acceptors (Lipinski definition) is 4. The fourth-order valence-electron chi connectivity index (χ4n) is 0.896. The molecular formula is C7H11N5O. The summed E-state index contributed by atoms with van der Waals surface area (Å²) in [5, 5.41) is 16.0. The minimum Gasteiger partial charge on any atom is -0.350 e. The maximum Gasteiger partial charge on any atom is 0.243 e. The molecule has 1 aromatic rings. The van der Waals surface area contributed by atoms with Crippen LogP contribution in [0, 0.1) is 0 Å². The number of nitrogens with zero attached hydrogens (tertiary/aromatic N) is 3. The number of aromatic amines is 1. The fraction of sp³-hybridized carbons (Fsp3) is 0.429. The summed E-state index contributed by atoms with van der Waals surface area (Å²) in [5.41, 5.74) is 0. The van der Waals surface area contributed by atoms with E-state index in [1.54, 1.807) is 0 Å². The van der Waals surface area contributed by atoms with Crippen molar-refractivity contribution in [2.75, 3.05) is 0 Å². The van der Waals surface area contributed by atoms with Crippen LogP contribution in [0.15, 0.2) is 12.7 Å². The lowest BCUT2D eigenvalue weighted by Gasteiger charge is -2.08. The predicted molar refractivity (Wildman–Crippen MR) is 45.7 cm³/mol. The molecule has 0 aliphatic rings. The maximum absolute atomic E-state index is 10.9. The minimum atomic E-state index is -0.198.